The van der Waals surface area contributed by atoms with E-state index in [1.165, 1.54) is 17.6 Å². The van der Waals surface area contributed by atoms with E-state index < -0.39 is 11.8 Å². The number of nitrogens with zero attached hydrogens (tertiary/aromatic N) is 1. The van der Waals surface area contributed by atoms with Crippen LogP contribution >= 0.6 is 27.3 Å². The molecule has 8 heteroatoms. The zero-order valence-electron chi connectivity index (χ0n) is 16.0. The molecule has 0 aliphatic heterocycles. The van der Waals surface area contributed by atoms with Crippen molar-refractivity contribution in [1.82, 2.24) is 10.7 Å². The lowest BCUT2D eigenvalue weighted by molar-refractivity contribution is -0.117. The van der Waals surface area contributed by atoms with Gasteiger partial charge in [0, 0.05) is 20.3 Å². The Kier molecular flexibility index (Phi) is 7.53. The molecule has 0 saturated heterocycles. The van der Waals surface area contributed by atoms with Crippen LogP contribution in [0.4, 0.5) is 0 Å². The second-order valence-corrected chi connectivity index (χ2v) is 7.88. The van der Waals surface area contributed by atoms with Gasteiger partial charge in [0.25, 0.3) is 11.8 Å². The van der Waals surface area contributed by atoms with E-state index in [9.17, 15) is 9.59 Å². The van der Waals surface area contributed by atoms with E-state index in [2.05, 4.69) is 31.8 Å². The van der Waals surface area contributed by atoms with Gasteiger partial charge in [-0.3, -0.25) is 9.59 Å². The molecule has 0 bridgehead atoms. The predicted molar refractivity (Wildman–Crippen MR) is 123 cm³/mol. The fraction of sp³-hybridized carbons (Fsp3) is 0.0455. The number of methoxy groups -OCH3 is 1. The molecule has 152 valence electrons. The average Bonchev–Trinajstić information content (AvgIpc) is 3.19. The van der Waals surface area contributed by atoms with Gasteiger partial charge >= 0.3 is 0 Å². The van der Waals surface area contributed by atoms with Gasteiger partial charge in [0.1, 0.15) is 11.4 Å². The Balaban J connectivity index is 1.79. The summed E-state index contributed by atoms with van der Waals surface area (Å²) in [4.78, 5) is 26.1. The van der Waals surface area contributed by atoms with Crippen molar-refractivity contribution in [1.29, 1.82) is 0 Å². The zero-order valence-corrected chi connectivity index (χ0v) is 18.4. The first-order chi connectivity index (χ1) is 14.5. The Morgan fingerprint density at radius 2 is 1.83 bits per heavy atom. The van der Waals surface area contributed by atoms with Crippen LogP contribution in [0.5, 0.6) is 5.75 Å². The van der Waals surface area contributed by atoms with Crippen LogP contribution < -0.4 is 15.5 Å². The van der Waals surface area contributed by atoms with Crippen molar-refractivity contribution in [3.8, 4) is 5.75 Å². The monoisotopic (exact) mass is 483 g/mol. The molecule has 30 heavy (non-hydrogen) atoms. The first-order valence-electron chi connectivity index (χ1n) is 8.85. The SMILES string of the molecule is COc1ccc(/C=C(/NC(=O)c2ccccc2)C(=O)N/N=C\c2cc(Br)cs2)cc1. The first-order valence-corrected chi connectivity index (χ1v) is 10.5. The Morgan fingerprint density at radius 3 is 2.47 bits per heavy atom. The highest BCUT2D eigenvalue weighted by Gasteiger charge is 2.14. The van der Waals surface area contributed by atoms with E-state index in [-0.39, 0.29) is 5.70 Å². The molecule has 0 aliphatic rings. The van der Waals surface area contributed by atoms with Gasteiger partial charge in [0.05, 0.1) is 13.3 Å². The summed E-state index contributed by atoms with van der Waals surface area (Å²) in [5.74, 6) is -0.239. The minimum atomic E-state index is -0.540. The number of benzene rings is 2. The summed E-state index contributed by atoms with van der Waals surface area (Å²) in [5.41, 5.74) is 3.69. The predicted octanol–water partition coefficient (Wildman–Crippen LogP) is 4.44. The number of halogens is 1. The van der Waals surface area contributed by atoms with Gasteiger partial charge in [0.2, 0.25) is 0 Å². The quantitative estimate of drug-likeness (QED) is 0.296. The van der Waals surface area contributed by atoms with Gasteiger partial charge in [-0.15, -0.1) is 11.3 Å². The van der Waals surface area contributed by atoms with Crippen LogP contribution in [-0.2, 0) is 4.79 Å². The van der Waals surface area contributed by atoms with E-state index in [0.717, 1.165) is 14.9 Å². The normalized spacial score (nSPS) is 11.3. The zero-order chi connectivity index (χ0) is 21.3. The van der Waals surface area contributed by atoms with Crippen LogP contribution in [-0.4, -0.2) is 25.1 Å². The van der Waals surface area contributed by atoms with Crippen molar-refractivity contribution < 1.29 is 14.3 Å². The molecule has 0 radical (unpaired) electrons. The number of rotatable bonds is 7. The van der Waals surface area contributed by atoms with E-state index in [4.69, 9.17) is 4.74 Å². The smallest absolute Gasteiger partial charge is 0.287 e. The summed E-state index contributed by atoms with van der Waals surface area (Å²) in [6, 6.07) is 17.7. The van der Waals surface area contributed by atoms with Crippen LogP contribution in [0.15, 0.2) is 81.3 Å². The maximum atomic E-state index is 12.7. The molecular formula is C22H18BrN3O3S. The van der Waals surface area contributed by atoms with Crippen LogP contribution in [0.2, 0.25) is 0 Å². The average molecular weight is 484 g/mol. The fourth-order valence-corrected chi connectivity index (χ4v) is 3.72. The van der Waals surface area contributed by atoms with Gasteiger partial charge in [0.15, 0.2) is 0 Å². The number of amides is 2. The number of hydrogen-bond acceptors (Lipinski definition) is 5. The number of thiophene rings is 1. The summed E-state index contributed by atoms with van der Waals surface area (Å²) in [6.45, 7) is 0. The minimum Gasteiger partial charge on any atom is -0.497 e. The molecule has 3 rings (SSSR count). The molecule has 1 heterocycles. The Hall–Kier alpha value is -3.23. The number of hydrazone groups is 1. The lowest BCUT2D eigenvalue weighted by Crippen LogP contribution is -2.32. The summed E-state index contributed by atoms with van der Waals surface area (Å²) in [7, 11) is 1.58. The summed E-state index contributed by atoms with van der Waals surface area (Å²) >= 11 is 4.85. The highest BCUT2D eigenvalue weighted by molar-refractivity contribution is 9.10. The summed E-state index contributed by atoms with van der Waals surface area (Å²) in [6.07, 6.45) is 3.12. The molecule has 0 atom stereocenters. The summed E-state index contributed by atoms with van der Waals surface area (Å²) < 4.78 is 6.09. The van der Waals surface area contributed by atoms with Gasteiger partial charge < -0.3 is 10.1 Å². The summed E-state index contributed by atoms with van der Waals surface area (Å²) in [5, 5.41) is 8.56. The third-order valence-corrected chi connectivity index (χ3v) is 5.53. The van der Waals surface area contributed by atoms with E-state index in [1.54, 1.807) is 61.7 Å². The van der Waals surface area contributed by atoms with E-state index >= 15 is 0 Å². The molecule has 0 saturated carbocycles. The van der Waals surface area contributed by atoms with Gasteiger partial charge in [-0.25, -0.2) is 5.43 Å². The van der Waals surface area contributed by atoms with Crippen molar-refractivity contribution >= 4 is 51.4 Å². The number of carbonyl (C=O) groups excluding carboxylic acids is 2. The van der Waals surface area contributed by atoms with Crippen LogP contribution in [0.1, 0.15) is 20.8 Å². The van der Waals surface area contributed by atoms with E-state index in [0.29, 0.717) is 11.3 Å². The minimum absolute atomic E-state index is 0.0681. The van der Waals surface area contributed by atoms with Crippen LogP contribution in [0.25, 0.3) is 6.08 Å². The van der Waals surface area contributed by atoms with Gasteiger partial charge in [-0.1, -0.05) is 30.3 Å². The second kappa shape index (κ2) is 10.5. The molecule has 2 amide bonds. The van der Waals surface area contributed by atoms with Crippen molar-refractivity contribution in [2.75, 3.05) is 7.11 Å². The van der Waals surface area contributed by atoms with Crippen LogP contribution in [0.3, 0.4) is 0 Å². The lowest BCUT2D eigenvalue weighted by atomic mass is 10.1. The van der Waals surface area contributed by atoms with Crippen molar-refractivity contribution in [3.05, 3.63) is 92.2 Å². The molecule has 0 aliphatic carbocycles. The third kappa shape index (κ3) is 6.13. The Bertz CT molecular complexity index is 1080. The Labute approximate surface area is 186 Å². The van der Waals surface area contributed by atoms with Crippen molar-refractivity contribution in [2.24, 2.45) is 5.10 Å². The van der Waals surface area contributed by atoms with E-state index in [1.807, 2.05) is 17.5 Å². The first kappa shape index (κ1) is 21.5. The molecule has 0 unspecified atom stereocenters. The third-order valence-electron chi connectivity index (χ3n) is 3.90. The molecule has 2 aromatic carbocycles. The van der Waals surface area contributed by atoms with Gasteiger partial charge in [-0.05, 0) is 57.9 Å². The molecular weight excluding hydrogens is 466 g/mol. The lowest BCUT2D eigenvalue weighted by Gasteiger charge is -2.09. The number of carbonyl (C=O) groups is 2. The number of ether oxygens (including phenoxy) is 1. The van der Waals surface area contributed by atoms with Crippen molar-refractivity contribution in [2.45, 2.75) is 0 Å². The highest BCUT2D eigenvalue weighted by Crippen LogP contribution is 2.18. The number of nitrogens with one attached hydrogen (secondary N) is 2. The van der Waals surface area contributed by atoms with Crippen LogP contribution in [0, 0.1) is 0 Å². The second-order valence-electron chi connectivity index (χ2n) is 6.02. The van der Waals surface area contributed by atoms with Gasteiger partial charge in [-0.2, -0.15) is 5.10 Å². The fourth-order valence-electron chi connectivity index (χ4n) is 2.42. The maximum absolute atomic E-state index is 12.7. The maximum Gasteiger partial charge on any atom is 0.287 e. The highest BCUT2D eigenvalue weighted by atomic mass is 79.9. The molecule has 6 nitrogen and oxygen atoms in total. The molecule has 0 spiro atoms. The molecule has 2 N–H and O–H groups in total. The number of hydrogen-bond donors (Lipinski definition) is 2. The largest absolute Gasteiger partial charge is 0.497 e. The Morgan fingerprint density at radius 1 is 1.10 bits per heavy atom. The molecule has 0 fully saturated rings. The molecule has 1 aromatic heterocycles. The van der Waals surface area contributed by atoms with Crippen molar-refractivity contribution in [3.63, 3.8) is 0 Å². The standard InChI is InChI=1S/C22H18BrN3O3S/c1-29-18-9-7-15(8-10-18)11-20(25-21(27)16-5-3-2-4-6-16)22(28)26-24-13-19-12-17(23)14-30-19/h2-14H,1H3,(H,25,27)(H,26,28)/b20-11+,24-13-. The topological polar surface area (TPSA) is 79.8 Å². The molecule has 3 aromatic rings.